The lowest BCUT2D eigenvalue weighted by Crippen LogP contribution is -2.39. The van der Waals surface area contributed by atoms with Gasteiger partial charge in [0.1, 0.15) is 0 Å². The molecule has 4 nitrogen and oxygen atoms in total. The molecule has 0 saturated heterocycles. The summed E-state index contributed by atoms with van der Waals surface area (Å²) in [7, 11) is 1.37. The van der Waals surface area contributed by atoms with Crippen LogP contribution < -0.4 is 0 Å². The Hall–Kier alpha value is -1.84. The zero-order valence-corrected chi connectivity index (χ0v) is 12.6. The van der Waals surface area contributed by atoms with Crippen LogP contribution in [-0.4, -0.2) is 30.4 Å². The van der Waals surface area contributed by atoms with Crippen LogP contribution in [0.1, 0.15) is 26.3 Å². The predicted octanol–water partition coefficient (Wildman–Crippen LogP) is 2.48. The van der Waals surface area contributed by atoms with E-state index in [9.17, 15) is 9.59 Å². The molecule has 0 aliphatic heterocycles. The molecule has 0 heterocycles. The first kappa shape index (κ1) is 16.2. The number of hydrogen-bond acceptors (Lipinski definition) is 3. The van der Waals surface area contributed by atoms with E-state index in [0.29, 0.717) is 13.1 Å². The maximum Gasteiger partial charge on any atom is 0.310 e. The van der Waals surface area contributed by atoms with Gasteiger partial charge >= 0.3 is 5.97 Å². The maximum atomic E-state index is 12.3. The Morgan fingerprint density at radius 3 is 2.25 bits per heavy atom. The highest BCUT2D eigenvalue weighted by molar-refractivity contribution is 5.79. The molecule has 1 rings (SSSR count). The highest BCUT2D eigenvalue weighted by atomic mass is 16.5. The molecule has 0 N–H and O–H groups in total. The number of carbonyl (C=O) groups is 2. The average molecular weight is 277 g/mol. The largest absolute Gasteiger partial charge is 0.469 e. The number of rotatable bonds is 6. The summed E-state index contributed by atoms with van der Waals surface area (Å²) in [6.07, 6.45) is 0. The van der Waals surface area contributed by atoms with Gasteiger partial charge in [-0.25, -0.2) is 0 Å². The number of esters is 1. The topological polar surface area (TPSA) is 46.6 Å². The van der Waals surface area contributed by atoms with Crippen LogP contribution in [0.5, 0.6) is 0 Å². The van der Waals surface area contributed by atoms with E-state index in [1.807, 2.05) is 44.2 Å². The summed E-state index contributed by atoms with van der Waals surface area (Å²) in [5.41, 5.74) is 1.05. The minimum Gasteiger partial charge on any atom is -0.469 e. The minimum absolute atomic E-state index is 0.0459. The van der Waals surface area contributed by atoms with Gasteiger partial charge in [0.25, 0.3) is 0 Å². The van der Waals surface area contributed by atoms with Crippen molar-refractivity contribution in [3.05, 3.63) is 35.9 Å². The quantitative estimate of drug-likeness (QED) is 0.750. The van der Waals surface area contributed by atoms with Crippen molar-refractivity contribution in [1.29, 1.82) is 0 Å². The monoisotopic (exact) mass is 277 g/mol. The molecule has 0 saturated carbocycles. The third-order valence-corrected chi connectivity index (χ3v) is 3.12. The fourth-order valence-electron chi connectivity index (χ4n) is 2.01. The number of carbonyl (C=O) groups excluding carboxylic acids is 2. The first-order chi connectivity index (χ1) is 9.45. The summed E-state index contributed by atoms with van der Waals surface area (Å²) >= 11 is 0. The van der Waals surface area contributed by atoms with Crippen LogP contribution in [0.15, 0.2) is 30.3 Å². The highest BCUT2D eigenvalue weighted by Crippen LogP contribution is 2.12. The number of methoxy groups -OCH3 is 1. The van der Waals surface area contributed by atoms with Crippen LogP contribution >= 0.6 is 0 Å². The lowest BCUT2D eigenvalue weighted by atomic mass is 10.1. The molecule has 0 aromatic heterocycles. The summed E-state index contributed by atoms with van der Waals surface area (Å²) in [4.78, 5) is 25.5. The van der Waals surface area contributed by atoms with Crippen LogP contribution in [0.2, 0.25) is 0 Å². The second kappa shape index (κ2) is 7.68. The second-order valence-corrected chi connectivity index (χ2v) is 5.28. The van der Waals surface area contributed by atoms with Crippen molar-refractivity contribution in [3.63, 3.8) is 0 Å². The summed E-state index contributed by atoms with van der Waals surface area (Å²) in [6.45, 7) is 6.39. The van der Waals surface area contributed by atoms with E-state index in [1.54, 1.807) is 11.8 Å². The fourth-order valence-corrected chi connectivity index (χ4v) is 2.01. The molecule has 0 bridgehead atoms. The van der Waals surface area contributed by atoms with Crippen LogP contribution in [-0.2, 0) is 20.9 Å². The minimum atomic E-state index is -0.327. The van der Waals surface area contributed by atoms with E-state index in [2.05, 4.69) is 0 Å². The first-order valence-corrected chi connectivity index (χ1v) is 6.86. The van der Waals surface area contributed by atoms with Gasteiger partial charge < -0.3 is 9.64 Å². The Morgan fingerprint density at radius 1 is 1.15 bits per heavy atom. The zero-order valence-electron chi connectivity index (χ0n) is 12.6. The molecule has 0 spiro atoms. The van der Waals surface area contributed by atoms with Crippen molar-refractivity contribution in [1.82, 2.24) is 4.90 Å². The third-order valence-electron chi connectivity index (χ3n) is 3.12. The molecule has 1 unspecified atom stereocenters. The molecule has 1 atom stereocenters. The van der Waals surface area contributed by atoms with E-state index in [0.717, 1.165) is 5.56 Å². The van der Waals surface area contributed by atoms with Crippen LogP contribution in [0.3, 0.4) is 0 Å². The summed E-state index contributed by atoms with van der Waals surface area (Å²) < 4.78 is 4.73. The molecular weight excluding hydrogens is 254 g/mol. The van der Waals surface area contributed by atoms with Gasteiger partial charge in [-0.3, -0.25) is 9.59 Å². The van der Waals surface area contributed by atoms with Gasteiger partial charge in [-0.1, -0.05) is 51.1 Å². The van der Waals surface area contributed by atoms with Crippen LogP contribution in [0.4, 0.5) is 0 Å². The molecule has 110 valence electrons. The maximum absolute atomic E-state index is 12.3. The third kappa shape index (κ3) is 4.68. The SMILES string of the molecule is COC(=O)C(C)CN(Cc1ccccc1)C(=O)C(C)C. The average Bonchev–Trinajstić information content (AvgIpc) is 2.45. The van der Waals surface area contributed by atoms with Gasteiger partial charge in [0.2, 0.25) is 5.91 Å². The number of amides is 1. The fraction of sp³-hybridized carbons (Fsp3) is 0.500. The Labute approximate surface area is 120 Å². The Bertz CT molecular complexity index is 442. The molecule has 1 amide bonds. The standard InChI is InChI=1S/C16H23NO3/c1-12(2)15(18)17(10-13(3)16(19)20-4)11-14-8-6-5-7-9-14/h5-9,12-13H,10-11H2,1-4H3. The van der Waals surface area contributed by atoms with Crippen LogP contribution in [0.25, 0.3) is 0 Å². The molecule has 1 aromatic carbocycles. The smallest absolute Gasteiger partial charge is 0.310 e. The Balaban J connectivity index is 2.80. The Kier molecular flexibility index (Phi) is 6.22. The van der Waals surface area contributed by atoms with Crippen molar-refractivity contribution in [3.8, 4) is 0 Å². The zero-order chi connectivity index (χ0) is 15.1. The number of benzene rings is 1. The van der Waals surface area contributed by atoms with Crippen molar-refractivity contribution in [2.24, 2.45) is 11.8 Å². The molecule has 1 aromatic rings. The van der Waals surface area contributed by atoms with E-state index in [1.165, 1.54) is 7.11 Å². The first-order valence-electron chi connectivity index (χ1n) is 6.86. The van der Waals surface area contributed by atoms with Gasteiger partial charge in [0.05, 0.1) is 13.0 Å². The number of nitrogens with zero attached hydrogens (tertiary/aromatic N) is 1. The van der Waals surface area contributed by atoms with E-state index < -0.39 is 0 Å². The molecule has 20 heavy (non-hydrogen) atoms. The van der Waals surface area contributed by atoms with Crippen LogP contribution in [0, 0.1) is 11.8 Å². The van der Waals surface area contributed by atoms with Gasteiger partial charge in [-0.15, -0.1) is 0 Å². The number of hydrogen-bond donors (Lipinski definition) is 0. The van der Waals surface area contributed by atoms with Gasteiger partial charge in [-0.05, 0) is 5.56 Å². The van der Waals surface area contributed by atoms with Gasteiger partial charge in [0.15, 0.2) is 0 Å². The van der Waals surface area contributed by atoms with E-state index in [-0.39, 0.29) is 23.7 Å². The second-order valence-electron chi connectivity index (χ2n) is 5.28. The lowest BCUT2D eigenvalue weighted by Gasteiger charge is -2.26. The number of ether oxygens (including phenoxy) is 1. The van der Waals surface area contributed by atoms with Gasteiger partial charge in [0, 0.05) is 19.0 Å². The van der Waals surface area contributed by atoms with Gasteiger partial charge in [-0.2, -0.15) is 0 Å². The predicted molar refractivity (Wildman–Crippen MR) is 77.9 cm³/mol. The van der Waals surface area contributed by atoms with Crippen molar-refractivity contribution < 1.29 is 14.3 Å². The van der Waals surface area contributed by atoms with E-state index in [4.69, 9.17) is 4.74 Å². The summed E-state index contributed by atoms with van der Waals surface area (Å²) in [5.74, 6) is -0.667. The molecule has 4 heteroatoms. The lowest BCUT2D eigenvalue weighted by molar-refractivity contribution is -0.147. The van der Waals surface area contributed by atoms with E-state index >= 15 is 0 Å². The van der Waals surface area contributed by atoms with Crippen molar-refractivity contribution in [2.45, 2.75) is 27.3 Å². The van der Waals surface area contributed by atoms with Crippen molar-refractivity contribution in [2.75, 3.05) is 13.7 Å². The summed E-state index contributed by atoms with van der Waals surface area (Å²) in [6, 6.07) is 9.77. The molecule has 0 aliphatic rings. The highest BCUT2D eigenvalue weighted by Gasteiger charge is 2.23. The van der Waals surface area contributed by atoms with Crippen molar-refractivity contribution >= 4 is 11.9 Å². The molecule has 0 fully saturated rings. The molecule has 0 aliphatic carbocycles. The Morgan fingerprint density at radius 2 is 1.75 bits per heavy atom. The summed E-state index contributed by atoms with van der Waals surface area (Å²) in [5, 5.41) is 0. The normalized spacial score (nSPS) is 12.1. The molecular formula is C16H23NO3. The molecule has 0 radical (unpaired) electrons.